The maximum absolute atomic E-state index is 11.6. The second kappa shape index (κ2) is 5.64. The second-order valence-electron chi connectivity index (χ2n) is 5.01. The SMILES string of the molecule is CC(C)(N)CC(=O)NCc1cccc(C(N)=O)c1. The van der Waals surface area contributed by atoms with Crippen molar-refractivity contribution < 1.29 is 9.59 Å². The highest BCUT2D eigenvalue weighted by Crippen LogP contribution is 2.06. The fourth-order valence-corrected chi connectivity index (χ4v) is 1.51. The third-order valence-corrected chi connectivity index (χ3v) is 2.32. The molecule has 0 aliphatic rings. The maximum atomic E-state index is 11.6. The molecule has 5 nitrogen and oxygen atoms in total. The van der Waals surface area contributed by atoms with Crippen molar-refractivity contribution in [3.8, 4) is 0 Å². The average molecular weight is 249 g/mol. The molecule has 1 aromatic carbocycles. The molecule has 0 aromatic heterocycles. The summed E-state index contributed by atoms with van der Waals surface area (Å²) in [5.41, 5.74) is 11.7. The van der Waals surface area contributed by atoms with E-state index in [0.717, 1.165) is 5.56 Å². The molecule has 1 aromatic rings. The van der Waals surface area contributed by atoms with Crippen molar-refractivity contribution in [1.82, 2.24) is 5.32 Å². The average Bonchev–Trinajstić information content (AvgIpc) is 2.24. The van der Waals surface area contributed by atoms with E-state index in [9.17, 15) is 9.59 Å². The molecule has 0 aliphatic carbocycles. The van der Waals surface area contributed by atoms with Crippen LogP contribution in [0.4, 0.5) is 0 Å². The molecular weight excluding hydrogens is 230 g/mol. The van der Waals surface area contributed by atoms with Crippen LogP contribution in [0, 0.1) is 0 Å². The Morgan fingerprint density at radius 1 is 1.33 bits per heavy atom. The highest BCUT2D eigenvalue weighted by Gasteiger charge is 2.15. The number of hydrogen-bond donors (Lipinski definition) is 3. The maximum Gasteiger partial charge on any atom is 0.248 e. The highest BCUT2D eigenvalue weighted by molar-refractivity contribution is 5.92. The van der Waals surface area contributed by atoms with Crippen LogP contribution in [0.1, 0.15) is 36.2 Å². The van der Waals surface area contributed by atoms with Crippen LogP contribution in [-0.2, 0) is 11.3 Å². The summed E-state index contributed by atoms with van der Waals surface area (Å²) in [4.78, 5) is 22.6. The van der Waals surface area contributed by atoms with E-state index in [1.54, 1.807) is 32.0 Å². The second-order valence-corrected chi connectivity index (χ2v) is 5.01. The summed E-state index contributed by atoms with van der Waals surface area (Å²) in [6.07, 6.45) is 0.252. The van der Waals surface area contributed by atoms with Crippen molar-refractivity contribution in [3.63, 3.8) is 0 Å². The quantitative estimate of drug-likeness (QED) is 0.709. The van der Waals surface area contributed by atoms with Crippen molar-refractivity contribution in [3.05, 3.63) is 35.4 Å². The van der Waals surface area contributed by atoms with Gasteiger partial charge < -0.3 is 16.8 Å². The van der Waals surface area contributed by atoms with Gasteiger partial charge >= 0.3 is 0 Å². The van der Waals surface area contributed by atoms with Crippen LogP contribution in [0.5, 0.6) is 0 Å². The number of amides is 2. The summed E-state index contributed by atoms with van der Waals surface area (Å²) in [5, 5.41) is 2.75. The number of nitrogens with one attached hydrogen (secondary N) is 1. The van der Waals surface area contributed by atoms with E-state index in [1.165, 1.54) is 0 Å². The third-order valence-electron chi connectivity index (χ3n) is 2.32. The third kappa shape index (κ3) is 4.97. The fraction of sp³-hybridized carbons (Fsp3) is 0.385. The van der Waals surface area contributed by atoms with Crippen molar-refractivity contribution >= 4 is 11.8 Å². The van der Waals surface area contributed by atoms with Gasteiger partial charge in [0.2, 0.25) is 11.8 Å². The Morgan fingerprint density at radius 2 is 2.00 bits per heavy atom. The van der Waals surface area contributed by atoms with Crippen LogP contribution in [-0.4, -0.2) is 17.4 Å². The molecule has 0 aliphatic heterocycles. The number of nitrogens with two attached hydrogens (primary N) is 2. The van der Waals surface area contributed by atoms with Crippen LogP contribution < -0.4 is 16.8 Å². The van der Waals surface area contributed by atoms with E-state index < -0.39 is 11.4 Å². The van der Waals surface area contributed by atoms with Gasteiger partial charge in [0.25, 0.3) is 0 Å². The zero-order valence-corrected chi connectivity index (χ0v) is 10.7. The number of primary amides is 1. The minimum absolute atomic E-state index is 0.119. The topological polar surface area (TPSA) is 98.2 Å². The molecule has 0 bridgehead atoms. The number of hydrogen-bond acceptors (Lipinski definition) is 3. The van der Waals surface area contributed by atoms with Gasteiger partial charge in [-0.05, 0) is 31.5 Å². The summed E-state index contributed by atoms with van der Waals surface area (Å²) in [6.45, 7) is 3.94. The molecule has 1 rings (SSSR count). The molecule has 0 fully saturated rings. The minimum atomic E-state index is -0.529. The summed E-state index contributed by atoms with van der Waals surface area (Å²) in [5.74, 6) is -0.599. The number of rotatable bonds is 5. The van der Waals surface area contributed by atoms with Gasteiger partial charge in [-0.15, -0.1) is 0 Å². The van der Waals surface area contributed by atoms with Gasteiger partial charge in [-0.25, -0.2) is 0 Å². The monoisotopic (exact) mass is 249 g/mol. The van der Waals surface area contributed by atoms with Crippen LogP contribution in [0.2, 0.25) is 0 Å². The lowest BCUT2D eigenvalue weighted by molar-refractivity contribution is -0.122. The molecule has 0 saturated carbocycles. The zero-order valence-electron chi connectivity index (χ0n) is 10.7. The molecule has 5 heteroatoms. The summed E-state index contributed by atoms with van der Waals surface area (Å²) >= 11 is 0. The molecular formula is C13H19N3O2. The lowest BCUT2D eigenvalue weighted by atomic mass is 10.0. The van der Waals surface area contributed by atoms with E-state index in [4.69, 9.17) is 11.5 Å². The molecule has 0 atom stereocenters. The Hall–Kier alpha value is -1.88. The van der Waals surface area contributed by atoms with Crippen molar-refractivity contribution in [2.24, 2.45) is 11.5 Å². The van der Waals surface area contributed by atoms with Gasteiger partial charge in [0, 0.05) is 24.1 Å². The van der Waals surface area contributed by atoms with Crippen LogP contribution >= 0.6 is 0 Å². The van der Waals surface area contributed by atoms with E-state index in [-0.39, 0.29) is 12.3 Å². The van der Waals surface area contributed by atoms with Crippen LogP contribution in [0.25, 0.3) is 0 Å². The smallest absolute Gasteiger partial charge is 0.248 e. The van der Waals surface area contributed by atoms with Gasteiger partial charge in [-0.2, -0.15) is 0 Å². The fourth-order valence-electron chi connectivity index (χ4n) is 1.51. The molecule has 5 N–H and O–H groups in total. The first kappa shape index (κ1) is 14.2. The lowest BCUT2D eigenvalue weighted by Crippen LogP contribution is -2.38. The Balaban J connectivity index is 2.56. The zero-order chi connectivity index (χ0) is 13.8. The van der Waals surface area contributed by atoms with E-state index in [2.05, 4.69) is 5.32 Å². The predicted molar refractivity (Wildman–Crippen MR) is 69.7 cm³/mol. The molecule has 0 saturated heterocycles. The van der Waals surface area contributed by atoms with Crippen LogP contribution in [0.15, 0.2) is 24.3 Å². The first-order valence-corrected chi connectivity index (χ1v) is 5.72. The summed E-state index contributed by atoms with van der Waals surface area (Å²) < 4.78 is 0. The predicted octanol–water partition coefficient (Wildman–Crippen LogP) is 0.529. The highest BCUT2D eigenvalue weighted by atomic mass is 16.2. The molecule has 0 unspecified atom stereocenters. The first-order chi connectivity index (χ1) is 8.28. The first-order valence-electron chi connectivity index (χ1n) is 5.72. The van der Waals surface area contributed by atoms with Crippen molar-refractivity contribution in [2.75, 3.05) is 0 Å². The van der Waals surface area contributed by atoms with Gasteiger partial charge in [0.05, 0.1) is 0 Å². The normalized spacial score (nSPS) is 11.1. The Bertz CT molecular complexity index is 450. The van der Waals surface area contributed by atoms with Crippen molar-refractivity contribution in [1.29, 1.82) is 0 Å². The van der Waals surface area contributed by atoms with Gasteiger partial charge in [0.1, 0.15) is 0 Å². The molecule has 2 amide bonds. The molecule has 0 radical (unpaired) electrons. The molecule has 0 spiro atoms. The molecule has 18 heavy (non-hydrogen) atoms. The number of benzene rings is 1. The summed E-state index contributed by atoms with van der Waals surface area (Å²) in [6, 6.07) is 6.85. The Labute approximate surface area is 107 Å². The Morgan fingerprint density at radius 3 is 2.56 bits per heavy atom. The number of carbonyl (C=O) groups excluding carboxylic acids is 2. The largest absolute Gasteiger partial charge is 0.366 e. The van der Waals surface area contributed by atoms with E-state index in [1.807, 2.05) is 6.07 Å². The molecule has 98 valence electrons. The molecule has 0 heterocycles. The number of carbonyl (C=O) groups is 2. The van der Waals surface area contributed by atoms with Gasteiger partial charge in [-0.3, -0.25) is 9.59 Å². The van der Waals surface area contributed by atoms with E-state index >= 15 is 0 Å². The van der Waals surface area contributed by atoms with Crippen molar-refractivity contribution in [2.45, 2.75) is 32.4 Å². The standard InChI is InChI=1S/C13H19N3O2/c1-13(2,15)7-11(17)16-8-9-4-3-5-10(6-9)12(14)18/h3-6H,7-8,15H2,1-2H3,(H2,14,18)(H,16,17). The lowest BCUT2D eigenvalue weighted by Gasteiger charge is -2.17. The minimum Gasteiger partial charge on any atom is -0.366 e. The van der Waals surface area contributed by atoms with Gasteiger partial charge in [-0.1, -0.05) is 12.1 Å². The van der Waals surface area contributed by atoms with Crippen LogP contribution in [0.3, 0.4) is 0 Å². The van der Waals surface area contributed by atoms with Gasteiger partial charge in [0.15, 0.2) is 0 Å². The Kier molecular flexibility index (Phi) is 4.44. The van der Waals surface area contributed by atoms with E-state index in [0.29, 0.717) is 12.1 Å². The summed E-state index contributed by atoms with van der Waals surface area (Å²) in [7, 11) is 0.